The molecule has 78 valence electrons. The Labute approximate surface area is 88.4 Å². The third-order valence-corrected chi connectivity index (χ3v) is 2.56. The Morgan fingerprint density at radius 1 is 1.46 bits per heavy atom. The second-order valence-corrected chi connectivity index (χ2v) is 4.07. The van der Waals surface area contributed by atoms with Crippen LogP contribution >= 0.6 is 15.9 Å². The highest BCUT2D eigenvalue weighted by Crippen LogP contribution is 1.97. The van der Waals surface area contributed by atoms with E-state index in [1.165, 1.54) is 0 Å². The fourth-order valence-electron chi connectivity index (χ4n) is 0.636. The summed E-state index contributed by atoms with van der Waals surface area (Å²) in [6.45, 7) is 6.75. The van der Waals surface area contributed by atoms with E-state index in [4.69, 9.17) is 4.74 Å². The van der Waals surface area contributed by atoms with Gasteiger partial charge in [0.05, 0.1) is 6.10 Å². The predicted octanol–water partition coefficient (Wildman–Crippen LogP) is 1.56. The summed E-state index contributed by atoms with van der Waals surface area (Å²) in [6, 6.07) is 0. The predicted molar refractivity (Wildman–Crippen MR) is 57.1 cm³/mol. The zero-order valence-electron chi connectivity index (χ0n) is 8.47. The molecule has 1 unspecified atom stereocenters. The first-order valence-corrected chi connectivity index (χ1v) is 5.62. The summed E-state index contributed by atoms with van der Waals surface area (Å²) < 4.78 is 5.15. The lowest BCUT2D eigenvalue weighted by Crippen LogP contribution is -2.32. The maximum Gasteiger partial charge on any atom is 0.246 e. The minimum absolute atomic E-state index is 0.0403. The van der Waals surface area contributed by atoms with Gasteiger partial charge in [-0.25, -0.2) is 0 Å². The Bertz CT molecular complexity index is 151. The van der Waals surface area contributed by atoms with Crippen LogP contribution in [-0.4, -0.2) is 30.5 Å². The number of halogens is 1. The smallest absolute Gasteiger partial charge is 0.246 e. The van der Waals surface area contributed by atoms with Gasteiger partial charge in [0.1, 0.15) is 6.61 Å². The van der Waals surface area contributed by atoms with Crippen molar-refractivity contribution in [2.75, 3.05) is 18.5 Å². The van der Waals surface area contributed by atoms with Crippen LogP contribution in [0.3, 0.4) is 0 Å². The number of rotatable bonds is 6. The third kappa shape index (κ3) is 8.25. The number of hydrogen-bond donors (Lipinski definition) is 1. The SMILES string of the molecule is CC(CBr)CNC(=O)COC(C)C. The van der Waals surface area contributed by atoms with E-state index in [-0.39, 0.29) is 18.6 Å². The van der Waals surface area contributed by atoms with Crippen molar-refractivity contribution in [1.82, 2.24) is 5.32 Å². The maximum absolute atomic E-state index is 11.1. The molecule has 1 atom stereocenters. The van der Waals surface area contributed by atoms with Crippen LogP contribution in [0.5, 0.6) is 0 Å². The summed E-state index contributed by atoms with van der Waals surface area (Å²) in [6.07, 6.45) is 0.111. The molecule has 0 radical (unpaired) electrons. The fraction of sp³-hybridized carbons (Fsp3) is 0.889. The lowest BCUT2D eigenvalue weighted by atomic mass is 10.2. The topological polar surface area (TPSA) is 38.3 Å². The van der Waals surface area contributed by atoms with E-state index in [1.807, 2.05) is 13.8 Å². The van der Waals surface area contributed by atoms with Crippen molar-refractivity contribution in [3.05, 3.63) is 0 Å². The molecule has 0 rings (SSSR count). The van der Waals surface area contributed by atoms with Crippen molar-refractivity contribution in [1.29, 1.82) is 0 Å². The van der Waals surface area contributed by atoms with Crippen LogP contribution in [0.25, 0.3) is 0 Å². The van der Waals surface area contributed by atoms with Gasteiger partial charge in [-0.2, -0.15) is 0 Å². The molecule has 0 aliphatic carbocycles. The first kappa shape index (κ1) is 12.9. The molecule has 0 fully saturated rings. The second kappa shape index (κ2) is 7.33. The van der Waals surface area contributed by atoms with E-state index in [9.17, 15) is 4.79 Å². The molecule has 0 heterocycles. The van der Waals surface area contributed by atoms with E-state index >= 15 is 0 Å². The zero-order valence-corrected chi connectivity index (χ0v) is 10.1. The summed E-state index contributed by atoms with van der Waals surface area (Å²) in [5, 5.41) is 3.70. The number of amides is 1. The average molecular weight is 252 g/mol. The summed E-state index contributed by atoms with van der Waals surface area (Å²) in [5.41, 5.74) is 0. The van der Waals surface area contributed by atoms with E-state index in [2.05, 4.69) is 28.2 Å². The molecule has 0 aromatic heterocycles. The zero-order chi connectivity index (χ0) is 10.3. The van der Waals surface area contributed by atoms with Crippen LogP contribution < -0.4 is 5.32 Å². The number of ether oxygens (including phenoxy) is 1. The molecule has 0 aromatic carbocycles. The molecule has 3 nitrogen and oxygen atoms in total. The number of nitrogens with one attached hydrogen (secondary N) is 1. The van der Waals surface area contributed by atoms with E-state index in [0.29, 0.717) is 12.5 Å². The van der Waals surface area contributed by atoms with Crippen LogP contribution in [0.4, 0.5) is 0 Å². The Morgan fingerprint density at radius 2 is 2.08 bits per heavy atom. The van der Waals surface area contributed by atoms with Crippen molar-refractivity contribution in [2.24, 2.45) is 5.92 Å². The monoisotopic (exact) mass is 251 g/mol. The quantitative estimate of drug-likeness (QED) is 0.728. The van der Waals surface area contributed by atoms with Gasteiger partial charge in [-0.05, 0) is 19.8 Å². The van der Waals surface area contributed by atoms with Gasteiger partial charge in [0.25, 0.3) is 0 Å². The maximum atomic E-state index is 11.1. The van der Waals surface area contributed by atoms with Crippen LogP contribution in [-0.2, 0) is 9.53 Å². The van der Waals surface area contributed by atoms with Crippen LogP contribution in [0, 0.1) is 5.92 Å². The molecule has 13 heavy (non-hydrogen) atoms. The number of carbonyl (C=O) groups excluding carboxylic acids is 1. The number of hydrogen-bond acceptors (Lipinski definition) is 2. The molecule has 1 N–H and O–H groups in total. The average Bonchev–Trinajstić information content (AvgIpc) is 2.10. The van der Waals surface area contributed by atoms with Gasteiger partial charge < -0.3 is 10.1 Å². The van der Waals surface area contributed by atoms with Gasteiger partial charge in [-0.1, -0.05) is 22.9 Å². The number of alkyl halides is 1. The third-order valence-electron chi connectivity index (χ3n) is 1.46. The highest BCUT2D eigenvalue weighted by atomic mass is 79.9. The molecule has 4 heteroatoms. The first-order chi connectivity index (χ1) is 6.06. The summed E-state index contributed by atoms with van der Waals surface area (Å²) in [7, 11) is 0. The molecular weight excluding hydrogens is 234 g/mol. The van der Waals surface area contributed by atoms with Gasteiger partial charge in [-0.15, -0.1) is 0 Å². The van der Waals surface area contributed by atoms with Gasteiger partial charge in [0.15, 0.2) is 0 Å². The first-order valence-electron chi connectivity index (χ1n) is 4.50. The van der Waals surface area contributed by atoms with Gasteiger partial charge in [0, 0.05) is 11.9 Å². The van der Waals surface area contributed by atoms with Crippen LogP contribution in [0.1, 0.15) is 20.8 Å². The molecule has 0 bridgehead atoms. The van der Waals surface area contributed by atoms with Crippen molar-refractivity contribution >= 4 is 21.8 Å². The van der Waals surface area contributed by atoms with Gasteiger partial charge in [0.2, 0.25) is 5.91 Å². The molecule has 0 saturated heterocycles. The molecule has 0 aliphatic heterocycles. The lowest BCUT2D eigenvalue weighted by molar-refractivity contribution is -0.127. The number of carbonyl (C=O) groups is 1. The second-order valence-electron chi connectivity index (χ2n) is 3.42. The molecule has 0 saturated carbocycles. The highest BCUT2D eigenvalue weighted by Gasteiger charge is 2.04. The summed E-state index contributed by atoms with van der Waals surface area (Å²) in [4.78, 5) is 11.1. The normalized spacial score (nSPS) is 13.0. The summed E-state index contributed by atoms with van der Waals surface area (Å²) >= 11 is 3.34. The Hall–Kier alpha value is -0.0900. The summed E-state index contributed by atoms with van der Waals surface area (Å²) in [5.74, 6) is 0.421. The van der Waals surface area contributed by atoms with Gasteiger partial charge >= 0.3 is 0 Å². The molecule has 0 aromatic rings. The fourth-order valence-corrected chi connectivity index (χ4v) is 0.865. The molecular formula is C9H18BrNO2. The Kier molecular flexibility index (Phi) is 7.28. The largest absolute Gasteiger partial charge is 0.369 e. The van der Waals surface area contributed by atoms with E-state index < -0.39 is 0 Å². The molecule has 0 spiro atoms. The van der Waals surface area contributed by atoms with Crippen molar-refractivity contribution in [3.63, 3.8) is 0 Å². The van der Waals surface area contributed by atoms with E-state index in [0.717, 1.165) is 5.33 Å². The Balaban J connectivity index is 3.40. The molecule has 1 amide bonds. The molecule has 0 aliphatic rings. The van der Waals surface area contributed by atoms with Crippen molar-refractivity contribution in [2.45, 2.75) is 26.9 Å². The lowest BCUT2D eigenvalue weighted by Gasteiger charge is -2.10. The van der Waals surface area contributed by atoms with E-state index in [1.54, 1.807) is 0 Å². The minimum atomic E-state index is -0.0403. The van der Waals surface area contributed by atoms with Crippen molar-refractivity contribution in [3.8, 4) is 0 Å². The van der Waals surface area contributed by atoms with Crippen LogP contribution in [0.15, 0.2) is 0 Å². The van der Waals surface area contributed by atoms with Crippen molar-refractivity contribution < 1.29 is 9.53 Å². The van der Waals surface area contributed by atoms with Gasteiger partial charge in [-0.3, -0.25) is 4.79 Å². The standard InChI is InChI=1S/C9H18BrNO2/c1-7(2)13-6-9(12)11-5-8(3)4-10/h7-8H,4-6H2,1-3H3,(H,11,12). The Morgan fingerprint density at radius 3 is 2.54 bits per heavy atom. The van der Waals surface area contributed by atoms with Crippen LogP contribution in [0.2, 0.25) is 0 Å². The minimum Gasteiger partial charge on any atom is -0.369 e. The highest BCUT2D eigenvalue weighted by molar-refractivity contribution is 9.09.